The van der Waals surface area contributed by atoms with E-state index >= 15 is 0 Å². The number of benzene rings is 1. The number of carbonyl (C=O) groups is 9. The summed E-state index contributed by atoms with van der Waals surface area (Å²) in [4.78, 5) is 129. The first kappa shape index (κ1) is 51.9. The number of nitrogens with two attached hydrogens (primary N) is 1. The molecule has 4 unspecified atom stereocenters. The van der Waals surface area contributed by atoms with Crippen molar-refractivity contribution < 1.29 is 53.0 Å². The summed E-state index contributed by atoms with van der Waals surface area (Å²) < 4.78 is 5.93. The molecule has 0 radical (unpaired) electrons. The van der Waals surface area contributed by atoms with Crippen LogP contribution in [0.3, 0.4) is 0 Å². The molecule has 4 fully saturated rings. The molecule has 4 aliphatic heterocycles. The van der Waals surface area contributed by atoms with Crippen molar-refractivity contribution in [2.24, 2.45) is 29.4 Å². The van der Waals surface area contributed by atoms with Gasteiger partial charge in [0.25, 0.3) is 0 Å². The molecule has 1 aromatic carbocycles. The standard InChI is InChI=1S/C46H70N8O11/c1-9-25(6)38-45(63)53(8)33(22-27-14-16-29(55)17-15-27)42(60)51-36-28(11-3)23-34(65-46(36)64)37(52-40(58)30(18-19-35(47)56)48-39(57)26(7)10-2)43(61)50-32(21-24(4)5)41(59)49-31-13-12-20-54(38)44(31)62/h14-17,24-26,28,30-34,36-38,55H,9-13,18-23H2,1-8H3,(H2,47,56)(H,48,57)(H,49,59)(H,50,61)(H,51,60)(H,52,58)/t25?,26?,28?,30-,31?,32-,33-,34+,36-,37-,38-/m0/s1. The number of rotatable bonds is 15. The summed E-state index contributed by atoms with van der Waals surface area (Å²) in [6.45, 7) is 12.8. The van der Waals surface area contributed by atoms with E-state index in [2.05, 4.69) is 26.6 Å². The van der Waals surface area contributed by atoms with Gasteiger partial charge in [-0.15, -0.1) is 0 Å². The number of piperidine rings is 1. The summed E-state index contributed by atoms with van der Waals surface area (Å²) in [6, 6.07) is -2.69. The zero-order valence-electron chi connectivity index (χ0n) is 39.0. The first-order valence-corrected chi connectivity index (χ1v) is 23.1. The van der Waals surface area contributed by atoms with Crippen molar-refractivity contribution in [1.82, 2.24) is 36.4 Å². The molecule has 8 amide bonds. The van der Waals surface area contributed by atoms with Crippen LogP contribution in [0.4, 0.5) is 0 Å². The first-order valence-electron chi connectivity index (χ1n) is 23.1. The molecule has 0 aromatic heterocycles. The fraction of sp³-hybridized carbons (Fsp3) is 0.674. The Labute approximate surface area is 381 Å². The lowest BCUT2D eigenvalue weighted by Gasteiger charge is -2.42. The van der Waals surface area contributed by atoms with Crippen molar-refractivity contribution in [3.05, 3.63) is 29.8 Å². The molecule has 5 rings (SSSR count). The molecule has 19 heteroatoms. The van der Waals surface area contributed by atoms with Crippen molar-refractivity contribution >= 4 is 53.2 Å². The lowest BCUT2D eigenvalue weighted by Crippen LogP contribution is -2.64. The lowest BCUT2D eigenvalue weighted by atomic mass is 9.85. The van der Waals surface area contributed by atoms with E-state index in [1.807, 2.05) is 27.7 Å². The van der Waals surface area contributed by atoms with E-state index in [1.165, 1.54) is 29.0 Å². The van der Waals surface area contributed by atoms with Crippen molar-refractivity contribution in [3.63, 3.8) is 0 Å². The molecular weight excluding hydrogens is 841 g/mol. The Morgan fingerprint density at radius 1 is 0.892 bits per heavy atom. The maximum Gasteiger partial charge on any atom is 0.329 e. The largest absolute Gasteiger partial charge is 0.508 e. The van der Waals surface area contributed by atoms with E-state index in [4.69, 9.17) is 10.5 Å². The summed E-state index contributed by atoms with van der Waals surface area (Å²) in [5.74, 6) is -8.04. The fourth-order valence-corrected chi connectivity index (χ4v) is 8.64. The summed E-state index contributed by atoms with van der Waals surface area (Å²) in [6.07, 6.45) is 0.0668. The maximum absolute atomic E-state index is 14.8. The van der Waals surface area contributed by atoms with Gasteiger partial charge in [0.15, 0.2) is 0 Å². The number of amides is 8. The maximum atomic E-state index is 14.8. The number of hydrogen-bond acceptors (Lipinski definition) is 11. The Morgan fingerprint density at radius 2 is 1.57 bits per heavy atom. The van der Waals surface area contributed by atoms with E-state index in [9.17, 15) is 48.3 Å². The third-order valence-electron chi connectivity index (χ3n) is 13.1. The van der Waals surface area contributed by atoms with Gasteiger partial charge < -0.3 is 52.0 Å². The molecule has 4 bridgehead atoms. The van der Waals surface area contributed by atoms with Crippen LogP contribution in [0.2, 0.25) is 0 Å². The van der Waals surface area contributed by atoms with Gasteiger partial charge in [0.05, 0.1) is 0 Å². The van der Waals surface area contributed by atoms with Crippen molar-refractivity contribution in [1.29, 1.82) is 0 Å². The van der Waals surface area contributed by atoms with E-state index < -0.39 is 113 Å². The van der Waals surface area contributed by atoms with Gasteiger partial charge in [-0.1, -0.05) is 73.4 Å². The van der Waals surface area contributed by atoms with Gasteiger partial charge in [0.1, 0.15) is 54.1 Å². The molecule has 1 aromatic rings. The van der Waals surface area contributed by atoms with Gasteiger partial charge in [-0.05, 0) is 74.0 Å². The van der Waals surface area contributed by atoms with Gasteiger partial charge in [-0.3, -0.25) is 38.4 Å². The van der Waals surface area contributed by atoms with Crippen LogP contribution >= 0.6 is 0 Å². The number of nitrogens with zero attached hydrogens (tertiary/aromatic N) is 2. The van der Waals surface area contributed by atoms with Gasteiger partial charge >= 0.3 is 5.97 Å². The van der Waals surface area contributed by atoms with Crippen molar-refractivity contribution in [3.8, 4) is 5.75 Å². The van der Waals surface area contributed by atoms with E-state index in [-0.39, 0.29) is 69.1 Å². The average Bonchev–Trinajstić information content (AvgIpc) is 3.26. The Morgan fingerprint density at radius 3 is 2.17 bits per heavy atom. The van der Waals surface area contributed by atoms with Gasteiger partial charge in [-0.2, -0.15) is 0 Å². The molecule has 19 nitrogen and oxygen atoms in total. The normalized spacial score (nSPS) is 27.2. The van der Waals surface area contributed by atoms with Crippen molar-refractivity contribution in [2.45, 2.75) is 161 Å². The zero-order valence-corrected chi connectivity index (χ0v) is 39.0. The highest BCUT2D eigenvalue weighted by atomic mass is 16.5. The Hall–Kier alpha value is -5.75. The number of aromatic hydroxyl groups is 1. The van der Waals surface area contributed by atoms with E-state index in [0.717, 1.165) is 0 Å². The molecule has 65 heavy (non-hydrogen) atoms. The molecule has 11 atom stereocenters. The van der Waals surface area contributed by atoms with Crippen LogP contribution in [-0.2, 0) is 54.3 Å². The average molecular weight is 911 g/mol. The molecule has 0 aliphatic carbocycles. The smallest absolute Gasteiger partial charge is 0.329 e. The number of nitrogens with one attached hydrogen (secondary N) is 5. The highest BCUT2D eigenvalue weighted by Gasteiger charge is 2.48. The van der Waals surface area contributed by atoms with Gasteiger partial charge in [0, 0.05) is 32.4 Å². The predicted molar refractivity (Wildman–Crippen MR) is 238 cm³/mol. The third kappa shape index (κ3) is 13.4. The second-order valence-electron chi connectivity index (χ2n) is 18.3. The summed E-state index contributed by atoms with van der Waals surface area (Å²) in [5, 5.41) is 23.7. The minimum atomic E-state index is -1.65. The second-order valence-corrected chi connectivity index (χ2v) is 18.3. The van der Waals surface area contributed by atoms with Crippen molar-refractivity contribution in [2.75, 3.05) is 13.6 Å². The number of primary amides is 1. The molecular formula is C46H70N8O11. The topological polar surface area (TPSA) is 276 Å². The van der Waals surface area contributed by atoms with Crippen LogP contribution in [-0.4, -0.2) is 130 Å². The van der Waals surface area contributed by atoms with Crippen LogP contribution in [0.5, 0.6) is 5.75 Å². The summed E-state index contributed by atoms with van der Waals surface area (Å²) in [5.41, 5.74) is 6.00. The van der Waals surface area contributed by atoms with E-state index in [0.29, 0.717) is 24.8 Å². The van der Waals surface area contributed by atoms with Crippen LogP contribution in [0.15, 0.2) is 24.3 Å². The number of hydrogen-bond donors (Lipinski definition) is 7. The number of fused-ring (bicyclic) bond motifs is 12. The number of phenolic OH excluding ortho intramolecular Hbond substituents is 1. The molecule has 4 saturated heterocycles. The molecule has 0 spiro atoms. The predicted octanol–water partition coefficient (Wildman–Crippen LogP) is 0.936. The molecule has 360 valence electrons. The van der Waals surface area contributed by atoms with E-state index in [1.54, 1.807) is 32.9 Å². The Balaban J connectivity index is 1.85. The second kappa shape index (κ2) is 23.4. The Kier molecular flexibility index (Phi) is 18.7. The van der Waals surface area contributed by atoms with Crippen LogP contribution < -0.4 is 32.3 Å². The van der Waals surface area contributed by atoms with Gasteiger partial charge in [-0.25, -0.2) is 4.79 Å². The fourth-order valence-electron chi connectivity index (χ4n) is 8.64. The number of esters is 1. The quantitative estimate of drug-likeness (QED) is 0.122. The third-order valence-corrected chi connectivity index (χ3v) is 13.1. The molecule has 0 saturated carbocycles. The number of carbonyl (C=O) groups excluding carboxylic acids is 9. The zero-order chi connectivity index (χ0) is 48.3. The minimum Gasteiger partial charge on any atom is -0.508 e. The SMILES string of the molecule is CCC(C)C(=O)N[C@@H](CCC(N)=O)C(=O)N[C@@H]1C(=O)N[C@@H](CC(C)C)C(=O)NC2CCCN(C2=O)[C@@H](C(C)CC)C(=O)N(C)[C@@H](Cc2ccc(O)cc2)C(=O)N[C@@H]2C(=O)O[C@@H]1CC2CC. The van der Waals surface area contributed by atoms with Crippen LogP contribution in [0.1, 0.15) is 112 Å². The Bertz CT molecular complexity index is 1910. The lowest BCUT2D eigenvalue weighted by molar-refractivity contribution is -0.167. The van der Waals surface area contributed by atoms with Crippen LogP contribution in [0, 0.1) is 23.7 Å². The molecule has 4 heterocycles. The van der Waals surface area contributed by atoms with Crippen LogP contribution in [0.25, 0.3) is 0 Å². The highest BCUT2D eigenvalue weighted by Crippen LogP contribution is 2.29. The molecule has 4 aliphatic rings. The van der Waals surface area contributed by atoms with Gasteiger partial charge in [0.2, 0.25) is 47.3 Å². The minimum absolute atomic E-state index is 0.00810. The molecule has 8 N–H and O–H groups in total. The summed E-state index contributed by atoms with van der Waals surface area (Å²) >= 11 is 0. The highest BCUT2D eigenvalue weighted by molar-refractivity contribution is 5.98. The monoisotopic (exact) mass is 911 g/mol. The number of ether oxygens (including phenoxy) is 1. The first-order chi connectivity index (χ1) is 30.7. The number of likely N-dealkylation sites (N-methyl/N-ethyl adjacent to an activating group) is 1. The summed E-state index contributed by atoms with van der Waals surface area (Å²) in [7, 11) is 1.47. The number of phenols is 1.